The van der Waals surface area contributed by atoms with E-state index in [1.54, 1.807) is 6.08 Å². The monoisotopic (exact) mass is 946 g/mol. The number of carbonyl (C=O) groups is 1. The zero-order valence-corrected chi connectivity index (χ0v) is 41.5. The van der Waals surface area contributed by atoms with Gasteiger partial charge < -0.3 is 46.0 Å². The first kappa shape index (κ1) is 61.5. The second-order valence-corrected chi connectivity index (χ2v) is 20.0. The highest BCUT2D eigenvalue weighted by Gasteiger charge is 2.51. The summed E-state index contributed by atoms with van der Waals surface area (Å²) in [4.78, 5) is 23.5. The number of aliphatic hydroxyl groups is 7. The summed E-state index contributed by atoms with van der Waals surface area (Å²) in [6.07, 6.45) is 33.8. The molecule has 13 nitrogen and oxygen atoms in total. The van der Waals surface area contributed by atoms with Crippen LogP contribution < -0.4 is 5.32 Å². The van der Waals surface area contributed by atoms with Crippen LogP contribution in [0.25, 0.3) is 0 Å². The minimum atomic E-state index is -5.15. The number of allylic oxidation sites excluding steroid dienone is 5. The van der Waals surface area contributed by atoms with Crippen LogP contribution >= 0.6 is 7.82 Å². The molecule has 1 rings (SSSR count). The minimum absolute atomic E-state index is 0.253. The molecule has 0 bridgehead atoms. The number of unbranched alkanes of at least 4 members (excludes halogenated alkanes) is 26. The highest BCUT2D eigenvalue weighted by atomic mass is 31.2. The third-order valence-electron chi connectivity index (χ3n) is 12.5. The average molecular weight is 946 g/mol. The zero-order valence-electron chi connectivity index (χ0n) is 40.7. The molecule has 8 unspecified atom stereocenters. The number of phosphoric ester groups is 1. The Morgan fingerprint density at radius 2 is 0.908 bits per heavy atom. The van der Waals surface area contributed by atoms with E-state index in [1.165, 1.54) is 141 Å². The quantitative estimate of drug-likeness (QED) is 0.0158. The summed E-state index contributed by atoms with van der Waals surface area (Å²) in [5.74, 6) is -0.605. The fraction of sp³-hybridized carbons (Fsp3) is 0.863. The molecule has 1 aliphatic rings. The van der Waals surface area contributed by atoms with Crippen LogP contribution in [0.15, 0.2) is 36.5 Å². The molecule has 14 heteroatoms. The number of amides is 1. The lowest BCUT2D eigenvalue weighted by Crippen LogP contribution is -2.64. The summed E-state index contributed by atoms with van der Waals surface area (Å²) in [5, 5.41) is 74.6. The van der Waals surface area contributed by atoms with Crippen molar-refractivity contribution >= 4 is 13.7 Å². The number of aliphatic hydroxyl groups excluding tert-OH is 7. The Kier molecular flexibility index (Phi) is 38.3. The Morgan fingerprint density at radius 1 is 0.538 bits per heavy atom. The third-order valence-corrected chi connectivity index (χ3v) is 13.4. The first-order valence-electron chi connectivity index (χ1n) is 26.0. The highest BCUT2D eigenvalue weighted by Crippen LogP contribution is 2.47. The van der Waals surface area contributed by atoms with Crippen molar-refractivity contribution in [1.82, 2.24) is 5.32 Å². The van der Waals surface area contributed by atoms with Gasteiger partial charge in [0.2, 0.25) is 5.91 Å². The van der Waals surface area contributed by atoms with Gasteiger partial charge in [0.1, 0.15) is 36.6 Å². The summed E-state index contributed by atoms with van der Waals surface area (Å²) in [7, 11) is -5.15. The summed E-state index contributed by atoms with van der Waals surface area (Å²) < 4.78 is 22.9. The maximum atomic E-state index is 13.0. The Hall–Kier alpha value is -1.48. The van der Waals surface area contributed by atoms with Crippen LogP contribution in [0, 0.1) is 0 Å². The summed E-state index contributed by atoms with van der Waals surface area (Å²) in [6.45, 7) is 3.72. The van der Waals surface area contributed by atoms with Gasteiger partial charge in [0, 0.05) is 0 Å². The fourth-order valence-electron chi connectivity index (χ4n) is 8.21. The molecule has 0 heterocycles. The van der Waals surface area contributed by atoms with Gasteiger partial charge in [-0.3, -0.25) is 13.8 Å². The number of hydrogen-bond donors (Lipinski definition) is 9. The molecule has 1 amide bonds. The molecule has 1 saturated carbocycles. The lowest BCUT2D eigenvalue weighted by Gasteiger charge is -2.41. The van der Waals surface area contributed by atoms with Gasteiger partial charge in [-0.15, -0.1) is 0 Å². The van der Waals surface area contributed by atoms with Crippen LogP contribution in [0.3, 0.4) is 0 Å². The zero-order chi connectivity index (χ0) is 48.0. The molecule has 382 valence electrons. The summed E-state index contributed by atoms with van der Waals surface area (Å²) >= 11 is 0. The SMILES string of the molecule is CCCCCC/C=C/CC/C=C/CC/C=C/C(O)C(COP(=O)(O)OC1C(O)C(O)C(O)C(O)C1O)NC(=O)CC(O)CCCCCCCCCCCCCCCCCCCCCCC. The molecule has 0 aliphatic heterocycles. The fourth-order valence-corrected chi connectivity index (χ4v) is 9.18. The van der Waals surface area contributed by atoms with Crippen molar-refractivity contribution in [1.29, 1.82) is 0 Å². The van der Waals surface area contributed by atoms with Gasteiger partial charge in [0.15, 0.2) is 0 Å². The van der Waals surface area contributed by atoms with Crippen molar-refractivity contribution in [3.8, 4) is 0 Å². The minimum Gasteiger partial charge on any atom is -0.393 e. The molecule has 0 saturated heterocycles. The lowest BCUT2D eigenvalue weighted by molar-refractivity contribution is -0.220. The molecule has 0 spiro atoms. The van der Waals surface area contributed by atoms with E-state index in [4.69, 9.17) is 9.05 Å². The summed E-state index contributed by atoms with van der Waals surface area (Å²) in [6, 6.07) is -1.26. The van der Waals surface area contributed by atoms with E-state index in [9.17, 15) is 50.0 Å². The maximum absolute atomic E-state index is 13.0. The molecule has 9 N–H and O–H groups in total. The van der Waals surface area contributed by atoms with Crippen LogP contribution in [0.2, 0.25) is 0 Å². The molecule has 0 aromatic heterocycles. The van der Waals surface area contributed by atoms with E-state index < -0.39 is 75.2 Å². The number of carbonyl (C=O) groups excluding carboxylic acids is 1. The topological polar surface area (TPSA) is 226 Å². The highest BCUT2D eigenvalue weighted by molar-refractivity contribution is 7.47. The van der Waals surface area contributed by atoms with Crippen molar-refractivity contribution in [2.24, 2.45) is 0 Å². The molecule has 8 atom stereocenters. The van der Waals surface area contributed by atoms with Crippen molar-refractivity contribution in [3.05, 3.63) is 36.5 Å². The van der Waals surface area contributed by atoms with Gasteiger partial charge in [-0.2, -0.15) is 0 Å². The first-order chi connectivity index (χ1) is 31.3. The van der Waals surface area contributed by atoms with Crippen molar-refractivity contribution < 1.29 is 59.0 Å². The Labute approximate surface area is 394 Å². The second-order valence-electron chi connectivity index (χ2n) is 18.5. The van der Waals surface area contributed by atoms with Crippen LogP contribution in [0.4, 0.5) is 0 Å². The third kappa shape index (κ3) is 32.1. The van der Waals surface area contributed by atoms with Crippen LogP contribution in [-0.4, -0.2) is 108 Å². The largest absolute Gasteiger partial charge is 0.472 e. The van der Waals surface area contributed by atoms with Gasteiger partial charge in [-0.25, -0.2) is 4.57 Å². The molecule has 65 heavy (non-hydrogen) atoms. The number of rotatable bonds is 43. The molecule has 1 aliphatic carbocycles. The lowest BCUT2D eigenvalue weighted by atomic mass is 9.85. The van der Waals surface area contributed by atoms with Crippen molar-refractivity contribution in [2.45, 2.75) is 274 Å². The average Bonchev–Trinajstić information content (AvgIpc) is 3.28. The van der Waals surface area contributed by atoms with Gasteiger partial charge in [0.25, 0.3) is 0 Å². The van der Waals surface area contributed by atoms with E-state index in [-0.39, 0.29) is 6.42 Å². The Bertz CT molecular complexity index is 1250. The number of nitrogens with one attached hydrogen (secondary N) is 1. The van der Waals surface area contributed by atoms with Crippen molar-refractivity contribution in [2.75, 3.05) is 6.61 Å². The Balaban J connectivity index is 2.45. The van der Waals surface area contributed by atoms with E-state index in [0.29, 0.717) is 19.3 Å². The van der Waals surface area contributed by atoms with E-state index in [0.717, 1.165) is 44.9 Å². The summed E-state index contributed by atoms with van der Waals surface area (Å²) in [5.41, 5.74) is 0. The standard InChI is InChI=1S/C51H96NO12P/c1-3-5-7-9-11-13-15-17-19-20-21-22-23-24-25-26-28-30-32-34-36-38-42(53)40-45(55)52-43(41-63-65(61,62)64-51-49(59)47(57)46(56)48(58)50(51)60)44(54)39-37-35-33-31-29-27-18-16-14-12-10-8-6-4-2/h14,16,29,31,37,39,42-44,46-51,53-54,56-60H,3-13,15,17-28,30,32-36,38,40-41H2,1-2H3,(H,52,55)(H,61,62)/b16-14+,31-29+,39-37+. The predicted octanol–water partition coefficient (Wildman–Crippen LogP) is 9.70. The number of phosphoric acid groups is 1. The molecule has 0 radical (unpaired) electrons. The number of hydrogen-bond acceptors (Lipinski definition) is 11. The second kappa shape index (κ2) is 40.4. The molecular weight excluding hydrogens is 850 g/mol. The van der Waals surface area contributed by atoms with Gasteiger partial charge in [0.05, 0.1) is 31.3 Å². The molecule has 1 fully saturated rings. The van der Waals surface area contributed by atoms with Gasteiger partial charge >= 0.3 is 7.82 Å². The normalized spacial score (nSPS) is 22.8. The predicted molar refractivity (Wildman–Crippen MR) is 261 cm³/mol. The molecule has 0 aromatic carbocycles. The smallest absolute Gasteiger partial charge is 0.393 e. The van der Waals surface area contributed by atoms with Crippen LogP contribution in [0.1, 0.15) is 219 Å². The van der Waals surface area contributed by atoms with Gasteiger partial charge in [-0.05, 0) is 44.9 Å². The van der Waals surface area contributed by atoms with E-state index in [1.807, 2.05) is 0 Å². The maximum Gasteiger partial charge on any atom is 0.472 e. The molecule has 0 aromatic rings. The van der Waals surface area contributed by atoms with E-state index in [2.05, 4.69) is 43.5 Å². The van der Waals surface area contributed by atoms with Gasteiger partial charge in [-0.1, -0.05) is 204 Å². The first-order valence-corrected chi connectivity index (χ1v) is 27.5. The Morgan fingerprint density at radius 3 is 1.35 bits per heavy atom. The molecular formula is C51H96NO12P. The van der Waals surface area contributed by atoms with Crippen molar-refractivity contribution in [3.63, 3.8) is 0 Å². The van der Waals surface area contributed by atoms with E-state index >= 15 is 0 Å². The van der Waals surface area contributed by atoms with Crippen LogP contribution in [0.5, 0.6) is 0 Å². The van der Waals surface area contributed by atoms with Crippen LogP contribution in [-0.2, 0) is 18.4 Å².